The summed E-state index contributed by atoms with van der Waals surface area (Å²) in [6.45, 7) is 0.0173. The predicted molar refractivity (Wildman–Crippen MR) is 86.0 cm³/mol. The van der Waals surface area contributed by atoms with E-state index in [1.54, 1.807) is 18.2 Å². The standard InChI is InChI=1S/C15H15ClN4O4/c16-9-3-4-10(14-19-13(20-24-14)8-1-2-8)11(7-9)18-15(23)17-6-5-12(21)22/h3-4,7-8H,1-2,5-6H2,(H,21,22)(H2,17,18,23). The number of urea groups is 1. The Kier molecular flexibility index (Phi) is 4.66. The summed E-state index contributed by atoms with van der Waals surface area (Å²) in [4.78, 5) is 26.7. The number of rotatable bonds is 6. The Bertz CT molecular complexity index is 773. The molecule has 2 amide bonds. The van der Waals surface area contributed by atoms with Crippen LogP contribution in [0, 0.1) is 0 Å². The van der Waals surface area contributed by atoms with Crippen LogP contribution in [-0.2, 0) is 4.79 Å². The molecule has 0 spiro atoms. The summed E-state index contributed by atoms with van der Waals surface area (Å²) in [5.74, 6) is 0.328. The number of carboxylic acid groups (broad SMARTS) is 1. The van der Waals surface area contributed by atoms with E-state index < -0.39 is 12.0 Å². The van der Waals surface area contributed by atoms with Gasteiger partial charge in [0.25, 0.3) is 5.89 Å². The van der Waals surface area contributed by atoms with Crippen molar-refractivity contribution in [1.29, 1.82) is 0 Å². The topological polar surface area (TPSA) is 117 Å². The van der Waals surface area contributed by atoms with Gasteiger partial charge in [-0.3, -0.25) is 4.79 Å². The third-order valence-corrected chi connectivity index (χ3v) is 3.70. The number of carboxylic acids is 1. The quantitative estimate of drug-likeness (QED) is 0.737. The van der Waals surface area contributed by atoms with Gasteiger partial charge in [-0.15, -0.1) is 0 Å². The predicted octanol–water partition coefficient (Wildman–Crippen LogP) is 2.86. The molecule has 126 valence electrons. The molecule has 9 heteroatoms. The largest absolute Gasteiger partial charge is 0.481 e. The fourth-order valence-corrected chi connectivity index (χ4v) is 2.28. The summed E-state index contributed by atoms with van der Waals surface area (Å²) in [5, 5.41) is 18.0. The maximum atomic E-state index is 11.9. The molecule has 1 fully saturated rings. The molecule has 0 atom stereocenters. The van der Waals surface area contributed by atoms with Gasteiger partial charge < -0.3 is 20.3 Å². The van der Waals surface area contributed by atoms with Crippen LogP contribution in [0.2, 0.25) is 5.02 Å². The van der Waals surface area contributed by atoms with Crippen molar-refractivity contribution in [3.05, 3.63) is 29.0 Å². The zero-order valence-electron chi connectivity index (χ0n) is 12.6. The third-order valence-electron chi connectivity index (χ3n) is 3.47. The first-order valence-corrected chi connectivity index (χ1v) is 7.81. The molecule has 1 aliphatic carbocycles. The average Bonchev–Trinajstić information content (AvgIpc) is 3.25. The van der Waals surface area contributed by atoms with E-state index in [2.05, 4.69) is 20.8 Å². The number of hydrogen-bond acceptors (Lipinski definition) is 5. The summed E-state index contributed by atoms with van der Waals surface area (Å²) in [6.07, 6.45) is 1.94. The van der Waals surface area contributed by atoms with Gasteiger partial charge in [-0.05, 0) is 31.0 Å². The smallest absolute Gasteiger partial charge is 0.319 e. The molecule has 2 aromatic rings. The molecule has 1 saturated carbocycles. The minimum Gasteiger partial charge on any atom is -0.481 e. The Labute approximate surface area is 142 Å². The van der Waals surface area contributed by atoms with Gasteiger partial charge in [0.1, 0.15) is 0 Å². The molecule has 0 aliphatic heterocycles. The zero-order valence-corrected chi connectivity index (χ0v) is 13.3. The van der Waals surface area contributed by atoms with Gasteiger partial charge in [0.15, 0.2) is 5.82 Å². The van der Waals surface area contributed by atoms with Crippen molar-refractivity contribution in [3.63, 3.8) is 0 Å². The van der Waals surface area contributed by atoms with Gasteiger partial charge in [0.2, 0.25) is 0 Å². The number of benzene rings is 1. The fraction of sp³-hybridized carbons (Fsp3) is 0.333. The van der Waals surface area contributed by atoms with Crippen LogP contribution in [0.4, 0.5) is 10.5 Å². The number of hydrogen-bond donors (Lipinski definition) is 3. The van der Waals surface area contributed by atoms with Crippen LogP contribution in [-0.4, -0.2) is 33.8 Å². The van der Waals surface area contributed by atoms with E-state index in [-0.39, 0.29) is 13.0 Å². The molecule has 0 radical (unpaired) electrons. The molecule has 1 aromatic heterocycles. The lowest BCUT2D eigenvalue weighted by atomic mass is 10.1. The first kappa shape index (κ1) is 16.3. The van der Waals surface area contributed by atoms with Crippen molar-refractivity contribution >= 4 is 29.3 Å². The summed E-state index contributed by atoms with van der Waals surface area (Å²) < 4.78 is 5.27. The number of nitrogens with one attached hydrogen (secondary N) is 2. The van der Waals surface area contributed by atoms with Crippen LogP contribution in [0.3, 0.4) is 0 Å². The van der Waals surface area contributed by atoms with E-state index in [4.69, 9.17) is 21.2 Å². The van der Waals surface area contributed by atoms with Crippen LogP contribution in [0.25, 0.3) is 11.5 Å². The van der Waals surface area contributed by atoms with Crippen molar-refractivity contribution < 1.29 is 19.2 Å². The summed E-state index contributed by atoms with van der Waals surface area (Å²) in [6, 6.07) is 4.36. The van der Waals surface area contributed by atoms with E-state index in [1.165, 1.54) is 0 Å². The Morgan fingerprint density at radius 2 is 2.17 bits per heavy atom. The summed E-state index contributed by atoms with van der Waals surface area (Å²) in [5.41, 5.74) is 0.952. The SMILES string of the molecule is O=C(O)CCNC(=O)Nc1cc(Cl)ccc1-c1nc(C2CC2)no1. The highest BCUT2D eigenvalue weighted by Gasteiger charge is 2.29. The second-order valence-electron chi connectivity index (χ2n) is 5.45. The molecule has 0 unspecified atom stereocenters. The molecule has 1 aromatic carbocycles. The second kappa shape index (κ2) is 6.88. The highest BCUT2D eigenvalue weighted by atomic mass is 35.5. The van der Waals surface area contributed by atoms with Crippen LogP contribution >= 0.6 is 11.6 Å². The molecule has 0 saturated heterocycles. The lowest BCUT2D eigenvalue weighted by molar-refractivity contribution is -0.136. The van der Waals surface area contributed by atoms with Crippen molar-refractivity contribution in [2.24, 2.45) is 0 Å². The number of aromatic nitrogens is 2. The second-order valence-corrected chi connectivity index (χ2v) is 5.88. The van der Waals surface area contributed by atoms with Crippen molar-refractivity contribution in [1.82, 2.24) is 15.5 Å². The Morgan fingerprint density at radius 3 is 2.88 bits per heavy atom. The van der Waals surface area contributed by atoms with Crippen LogP contribution in [0.1, 0.15) is 31.0 Å². The fourth-order valence-electron chi connectivity index (χ4n) is 2.11. The molecule has 8 nitrogen and oxygen atoms in total. The Balaban J connectivity index is 1.75. The number of aliphatic carboxylic acids is 1. The van der Waals surface area contributed by atoms with Crippen LogP contribution < -0.4 is 10.6 Å². The lowest BCUT2D eigenvalue weighted by Gasteiger charge is -2.10. The van der Waals surface area contributed by atoms with Gasteiger partial charge in [0, 0.05) is 17.5 Å². The van der Waals surface area contributed by atoms with Crippen molar-refractivity contribution in [2.75, 3.05) is 11.9 Å². The minimum atomic E-state index is -0.989. The number of carbonyl (C=O) groups is 2. The highest BCUT2D eigenvalue weighted by Crippen LogP contribution is 2.39. The minimum absolute atomic E-state index is 0.0173. The number of nitrogens with zero attached hydrogens (tertiary/aromatic N) is 2. The third kappa shape index (κ3) is 4.02. The molecule has 0 bridgehead atoms. The molecule has 24 heavy (non-hydrogen) atoms. The number of anilines is 1. The molecule has 3 rings (SSSR count). The van der Waals surface area contributed by atoms with Gasteiger partial charge in [0.05, 0.1) is 17.7 Å². The molecular formula is C15H15ClN4O4. The van der Waals surface area contributed by atoms with E-state index >= 15 is 0 Å². The van der Waals surface area contributed by atoms with Crippen LogP contribution in [0.15, 0.2) is 22.7 Å². The van der Waals surface area contributed by atoms with Crippen molar-refractivity contribution in [2.45, 2.75) is 25.2 Å². The van der Waals surface area contributed by atoms with Gasteiger partial charge in [-0.1, -0.05) is 16.8 Å². The molecule has 1 aliphatic rings. The monoisotopic (exact) mass is 350 g/mol. The number of carbonyl (C=O) groups excluding carboxylic acids is 1. The normalized spacial score (nSPS) is 13.5. The molecular weight excluding hydrogens is 336 g/mol. The lowest BCUT2D eigenvalue weighted by Crippen LogP contribution is -2.30. The maximum Gasteiger partial charge on any atom is 0.319 e. The van der Waals surface area contributed by atoms with E-state index in [9.17, 15) is 9.59 Å². The highest BCUT2D eigenvalue weighted by molar-refractivity contribution is 6.31. The van der Waals surface area contributed by atoms with Crippen LogP contribution in [0.5, 0.6) is 0 Å². The average molecular weight is 351 g/mol. The first-order valence-electron chi connectivity index (χ1n) is 7.43. The Hall–Kier alpha value is -2.61. The van der Waals surface area contributed by atoms with E-state index in [1.807, 2.05) is 0 Å². The van der Waals surface area contributed by atoms with Gasteiger partial charge in [-0.25, -0.2) is 4.79 Å². The van der Waals surface area contributed by atoms with E-state index in [0.29, 0.717) is 33.9 Å². The zero-order chi connectivity index (χ0) is 17.1. The summed E-state index contributed by atoms with van der Waals surface area (Å²) >= 11 is 5.98. The van der Waals surface area contributed by atoms with Gasteiger partial charge in [-0.2, -0.15) is 4.98 Å². The summed E-state index contributed by atoms with van der Waals surface area (Å²) in [7, 11) is 0. The number of amides is 2. The van der Waals surface area contributed by atoms with Gasteiger partial charge >= 0.3 is 12.0 Å². The van der Waals surface area contributed by atoms with E-state index in [0.717, 1.165) is 12.8 Å². The van der Waals surface area contributed by atoms with Crippen molar-refractivity contribution in [3.8, 4) is 11.5 Å². The molecule has 1 heterocycles. The Morgan fingerprint density at radius 1 is 1.38 bits per heavy atom. The molecule has 3 N–H and O–H groups in total. The number of halogens is 1. The first-order chi connectivity index (χ1) is 11.5. The maximum absolute atomic E-state index is 11.9.